The van der Waals surface area contributed by atoms with Gasteiger partial charge >= 0.3 is 0 Å². The van der Waals surface area contributed by atoms with Gasteiger partial charge in [-0.3, -0.25) is 14.4 Å². The maximum absolute atomic E-state index is 14.1. The van der Waals surface area contributed by atoms with Crippen LogP contribution in [0.3, 0.4) is 0 Å². The Morgan fingerprint density at radius 2 is 1.77 bits per heavy atom. The normalized spacial score (nSPS) is 28.1. The zero-order chi connectivity index (χ0) is 27.5. The number of likely N-dealkylation sites (tertiary alicyclic amines) is 2. The lowest BCUT2D eigenvalue weighted by atomic mass is 9.79. The smallest absolute Gasteiger partial charge is 0.265 e. The van der Waals surface area contributed by atoms with E-state index in [1.165, 1.54) is 21.9 Å². The molecule has 2 aromatic carbocycles. The van der Waals surface area contributed by atoms with Crippen LogP contribution in [0.4, 0.5) is 0 Å². The Morgan fingerprint density at radius 3 is 2.44 bits per heavy atom. The summed E-state index contributed by atoms with van der Waals surface area (Å²) in [6.07, 6.45) is 5.10. The van der Waals surface area contributed by atoms with Crippen LogP contribution in [0.15, 0.2) is 41.3 Å². The van der Waals surface area contributed by atoms with Crippen LogP contribution in [0.25, 0.3) is 10.8 Å². The summed E-state index contributed by atoms with van der Waals surface area (Å²) in [6, 6.07) is 9.29. The van der Waals surface area contributed by atoms with Crippen molar-refractivity contribution in [1.82, 2.24) is 19.4 Å². The summed E-state index contributed by atoms with van der Waals surface area (Å²) >= 11 is 6.07. The highest BCUT2D eigenvalue weighted by Crippen LogP contribution is 2.38. The molecule has 4 saturated heterocycles. The molecular weight excluding hydrogens is 540 g/mol. The van der Waals surface area contributed by atoms with Crippen molar-refractivity contribution in [3.05, 3.63) is 41.4 Å². The monoisotopic (exact) mass is 572 g/mol. The quantitative estimate of drug-likeness (QED) is 0.572. The minimum absolute atomic E-state index is 0.0111. The van der Waals surface area contributed by atoms with Crippen molar-refractivity contribution in [1.29, 1.82) is 0 Å². The molecule has 1 aliphatic carbocycles. The largest absolute Gasteiger partial charge is 0.338 e. The molecule has 9 nitrogen and oxygen atoms in total. The number of hydrogen-bond acceptors (Lipinski definition) is 5. The Kier molecular flexibility index (Phi) is 6.63. The molecule has 0 aromatic heterocycles. The van der Waals surface area contributed by atoms with Gasteiger partial charge in [0.15, 0.2) is 5.66 Å². The number of carbonyl (C=O) groups is 3. The molecule has 3 amide bonds. The number of benzene rings is 2. The third-order valence-electron chi connectivity index (χ3n) is 9.07. The van der Waals surface area contributed by atoms with Crippen LogP contribution in [0.2, 0.25) is 5.02 Å². The third kappa shape index (κ3) is 4.50. The van der Waals surface area contributed by atoms with Crippen molar-refractivity contribution < 1.29 is 22.8 Å². The fourth-order valence-corrected chi connectivity index (χ4v) is 8.47. The predicted molar refractivity (Wildman–Crippen MR) is 146 cm³/mol. The molecule has 4 aliphatic heterocycles. The van der Waals surface area contributed by atoms with E-state index in [1.54, 1.807) is 31.2 Å². The van der Waals surface area contributed by atoms with Crippen molar-refractivity contribution >= 4 is 50.1 Å². The maximum atomic E-state index is 14.1. The van der Waals surface area contributed by atoms with Crippen molar-refractivity contribution in [2.45, 2.75) is 74.5 Å². The van der Waals surface area contributed by atoms with E-state index in [1.807, 2.05) is 4.90 Å². The van der Waals surface area contributed by atoms with Crippen LogP contribution in [-0.2, 0) is 24.4 Å². The van der Waals surface area contributed by atoms with Crippen molar-refractivity contribution in [2.75, 3.05) is 19.6 Å². The second kappa shape index (κ2) is 9.74. The first-order chi connectivity index (χ1) is 18.6. The Labute approximate surface area is 233 Å². The first kappa shape index (κ1) is 26.5. The lowest BCUT2D eigenvalue weighted by Gasteiger charge is -2.47. The number of sulfonamides is 1. The topological polar surface area (TPSA) is 107 Å². The van der Waals surface area contributed by atoms with Crippen LogP contribution < -0.4 is 4.72 Å². The van der Waals surface area contributed by atoms with E-state index in [9.17, 15) is 22.8 Å². The number of amides is 3. The van der Waals surface area contributed by atoms with Crippen LogP contribution in [-0.4, -0.2) is 78.2 Å². The Morgan fingerprint density at radius 1 is 1.05 bits per heavy atom. The van der Waals surface area contributed by atoms with Crippen molar-refractivity contribution in [2.24, 2.45) is 5.92 Å². The van der Waals surface area contributed by atoms with Gasteiger partial charge in [0, 0.05) is 43.5 Å². The van der Waals surface area contributed by atoms with E-state index in [0.717, 1.165) is 31.1 Å². The molecule has 39 heavy (non-hydrogen) atoms. The van der Waals surface area contributed by atoms with E-state index >= 15 is 0 Å². The standard InChI is InChI=1S/C28H33ClN4O5S/c1-18(26(35)32-17-19-4-9-23(32)10-5-19)31-14-12-28(27(31)36,33-13-2-3-25(33)34)30-39(37,38)24-11-7-20-15-22(29)8-6-21(20)16-24/h6-8,11,15-16,18-19,23,30H,2-5,9-10,12-14,17H2,1H3/t18-,19?,23?,28+/m0/s1. The minimum atomic E-state index is -4.21. The zero-order valence-corrected chi connectivity index (χ0v) is 23.5. The lowest BCUT2D eigenvalue weighted by Crippen LogP contribution is -2.66. The molecule has 0 radical (unpaired) electrons. The molecule has 2 aromatic rings. The van der Waals surface area contributed by atoms with Crippen LogP contribution in [0.1, 0.15) is 51.9 Å². The first-order valence-electron chi connectivity index (χ1n) is 13.7. The van der Waals surface area contributed by atoms with Gasteiger partial charge in [0.05, 0.1) is 4.90 Å². The second-order valence-electron chi connectivity index (χ2n) is 11.4. The fraction of sp³-hybridized carbons (Fsp3) is 0.536. The minimum Gasteiger partial charge on any atom is -0.338 e. The zero-order valence-electron chi connectivity index (χ0n) is 21.9. The summed E-state index contributed by atoms with van der Waals surface area (Å²) in [5.41, 5.74) is -1.77. The number of hydrogen-bond donors (Lipinski definition) is 1. The number of nitrogens with zero attached hydrogens (tertiary/aromatic N) is 3. The van der Waals surface area contributed by atoms with Gasteiger partial charge in [0.2, 0.25) is 21.8 Å². The van der Waals surface area contributed by atoms with Gasteiger partial charge in [-0.05, 0) is 80.0 Å². The van der Waals surface area contributed by atoms with Crippen molar-refractivity contribution in [3.63, 3.8) is 0 Å². The van der Waals surface area contributed by atoms with E-state index in [0.29, 0.717) is 29.3 Å². The second-order valence-corrected chi connectivity index (χ2v) is 13.5. The van der Waals surface area contributed by atoms with Gasteiger partial charge in [-0.25, -0.2) is 8.42 Å². The molecule has 4 heterocycles. The third-order valence-corrected chi connectivity index (χ3v) is 10.8. The summed E-state index contributed by atoms with van der Waals surface area (Å²) in [5, 5.41) is 2.01. The summed E-state index contributed by atoms with van der Waals surface area (Å²) in [6.45, 7) is 2.88. The number of rotatable bonds is 6. The summed E-state index contributed by atoms with van der Waals surface area (Å²) in [7, 11) is -4.21. The molecule has 1 N–H and O–H groups in total. The van der Waals surface area contributed by atoms with Gasteiger partial charge in [0.25, 0.3) is 5.91 Å². The lowest BCUT2D eigenvalue weighted by molar-refractivity contribution is -0.153. The van der Waals surface area contributed by atoms with Crippen LogP contribution >= 0.6 is 11.6 Å². The molecule has 7 rings (SSSR count). The Hall–Kier alpha value is -2.69. The van der Waals surface area contributed by atoms with E-state index in [4.69, 9.17) is 11.6 Å². The molecule has 2 atom stereocenters. The van der Waals surface area contributed by atoms with Crippen LogP contribution in [0.5, 0.6) is 0 Å². The number of fused-ring (bicyclic) bond motifs is 4. The van der Waals surface area contributed by atoms with Crippen molar-refractivity contribution in [3.8, 4) is 0 Å². The summed E-state index contributed by atoms with van der Waals surface area (Å²) < 4.78 is 30.1. The van der Waals surface area contributed by atoms with E-state index in [2.05, 4.69) is 4.72 Å². The average molecular weight is 573 g/mol. The van der Waals surface area contributed by atoms with E-state index < -0.39 is 27.6 Å². The maximum Gasteiger partial charge on any atom is 0.265 e. The number of carbonyl (C=O) groups excluding carboxylic acids is 3. The average Bonchev–Trinajstić information content (AvgIpc) is 3.51. The molecule has 11 heteroatoms. The summed E-state index contributed by atoms with van der Waals surface area (Å²) in [4.78, 5) is 45.4. The molecular formula is C28H33ClN4O5S. The molecule has 2 bridgehead atoms. The van der Waals surface area contributed by atoms with Gasteiger partial charge in [0.1, 0.15) is 6.04 Å². The van der Waals surface area contributed by atoms with Crippen LogP contribution in [0, 0.1) is 5.92 Å². The molecule has 5 fully saturated rings. The highest BCUT2D eigenvalue weighted by Gasteiger charge is 2.57. The van der Waals surface area contributed by atoms with Gasteiger partial charge in [-0.1, -0.05) is 23.7 Å². The highest BCUT2D eigenvalue weighted by molar-refractivity contribution is 7.89. The van der Waals surface area contributed by atoms with Gasteiger partial charge in [-0.15, -0.1) is 0 Å². The highest BCUT2D eigenvalue weighted by atomic mass is 35.5. The molecule has 1 saturated carbocycles. The predicted octanol–water partition coefficient (Wildman–Crippen LogP) is 3.11. The van der Waals surface area contributed by atoms with Gasteiger partial charge in [-0.2, -0.15) is 4.72 Å². The molecule has 0 spiro atoms. The number of nitrogens with one attached hydrogen (secondary N) is 1. The fourth-order valence-electron chi connectivity index (χ4n) is 6.90. The molecule has 0 unspecified atom stereocenters. The number of piperidine rings is 2. The summed E-state index contributed by atoms with van der Waals surface area (Å²) in [5.74, 6) is -0.408. The molecule has 208 valence electrons. The Balaban J connectivity index is 1.30. The van der Waals surface area contributed by atoms with Gasteiger partial charge < -0.3 is 14.7 Å². The van der Waals surface area contributed by atoms with E-state index in [-0.39, 0.29) is 48.7 Å². The SMILES string of the molecule is C[C@@H](C(=O)N1CC2CCC1CC2)N1CC[C@@](NS(=O)(=O)c2ccc3cc(Cl)ccc3c2)(N2CCCC2=O)C1=O. The number of halogens is 1. The first-order valence-corrected chi connectivity index (χ1v) is 15.6. The molecule has 5 aliphatic rings. The Bertz CT molecular complexity index is 1460.